The maximum Gasteiger partial charge on any atom is 0.321 e. The van der Waals surface area contributed by atoms with Crippen molar-refractivity contribution in [3.8, 4) is 10.6 Å². The monoisotopic (exact) mass is 487 g/mol. The zero-order valence-corrected chi connectivity index (χ0v) is 21.0. The molecule has 1 atom stereocenters. The molecular formula is C27H29N5O2S. The van der Waals surface area contributed by atoms with Gasteiger partial charge in [0, 0.05) is 50.7 Å². The topological polar surface area (TPSA) is 70.0 Å². The predicted octanol–water partition coefficient (Wildman–Crippen LogP) is 5.74. The molecule has 0 bridgehead atoms. The number of hydrogen-bond acceptors (Lipinski definition) is 5. The van der Waals surface area contributed by atoms with Gasteiger partial charge in [0.15, 0.2) is 5.78 Å². The van der Waals surface area contributed by atoms with Crippen molar-refractivity contribution in [2.75, 3.05) is 37.4 Å². The molecule has 35 heavy (non-hydrogen) atoms. The van der Waals surface area contributed by atoms with Crippen LogP contribution in [0.15, 0.2) is 60.8 Å². The Morgan fingerprint density at radius 2 is 1.89 bits per heavy atom. The predicted molar refractivity (Wildman–Crippen MR) is 142 cm³/mol. The number of imidazole rings is 1. The van der Waals surface area contributed by atoms with Crippen molar-refractivity contribution in [2.24, 2.45) is 0 Å². The Labute approximate surface area is 209 Å². The molecule has 4 aromatic rings. The number of urea groups is 1. The Morgan fingerprint density at radius 1 is 1.09 bits per heavy atom. The Kier molecular flexibility index (Phi) is 6.30. The summed E-state index contributed by atoms with van der Waals surface area (Å²) in [5.41, 5.74) is 3.78. The SMILES string of the molecule is CC(=O)c1ccc(-c2nc(C3CCCN(C(=O)Nc4ccc(N(C)C)cc4)C3)n3ccccc23)s1. The van der Waals surface area contributed by atoms with Crippen molar-refractivity contribution < 1.29 is 9.59 Å². The molecule has 1 fully saturated rings. The number of anilines is 2. The van der Waals surface area contributed by atoms with Crippen LogP contribution in [0, 0.1) is 0 Å². The van der Waals surface area contributed by atoms with Gasteiger partial charge in [-0.15, -0.1) is 11.3 Å². The van der Waals surface area contributed by atoms with E-state index in [0.29, 0.717) is 6.54 Å². The molecule has 1 N–H and O–H groups in total. The molecule has 1 aliphatic rings. The minimum atomic E-state index is -0.0854. The van der Waals surface area contributed by atoms with Crippen LogP contribution in [0.5, 0.6) is 0 Å². The van der Waals surface area contributed by atoms with Crippen molar-refractivity contribution in [1.29, 1.82) is 0 Å². The van der Waals surface area contributed by atoms with Crippen molar-refractivity contribution in [3.63, 3.8) is 0 Å². The van der Waals surface area contributed by atoms with Gasteiger partial charge in [-0.05, 0) is 68.3 Å². The number of pyridine rings is 1. The van der Waals surface area contributed by atoms with Gasteiger partial charge in [0.25, 0.3) is 0 Å². The number of rotatable bonds is 5. The highest BCUT2D eigenvalue weighted by Gasteiger charge is 2.29. The molecule has 1 saturated heterocycles. The van der Waals surface area contributed by atoms with Gasteiger partial charge < -0.3 is 19.5 Å². The smallest absolute Gasteiger partial charge is 0.321 e. The third-order valence-corrected chi connectivity index (χ3v) is 7.66. The Balaban J connectivity index is 1.38. The number of likely N-dealkylation sites (tertiary alicyclic amines) is 1. The van der Waals surface area contributed by atoms with E-state index in [1.807, 2.05) is 78.6 Å². The first kappa shape index (κ1) is 23.1. The van der Waals surface area contributed by atoms with Crippen LogP contribution >= 0.6 is 11.3 Å². The molecule has 1 aromatic carbocycles. The molecule has 4 heterocycles. The summed E-state index contributed by atoms with van der Waals surface area (Å²) in [6, 6.07) is 17.7. The van der Waals surface area contributed by atoms with Crippen molar-refractivity contribution in [2.45, 2.75) is 25.7 Å². The zero-order chi connectivity index (χ0) is 24.5. The lowest BCUT2D eigenvalue weighted by Crippen LogP contribution is -2.42. The summed E-state index contributed by atoms with van der Waals surface area (Å²) in [4.78, 5) is 35.6. The molecule has 5 rings (SSSR count). The fourth-order valence-electron chi connectivity index (χ4n) is 4.60. The largest absolute Gasteiger partial charge is 0.378 e. The molecule has 0 saturated carbocycles. The van der Waals surface area contributed by atoms with Crippen molar-refractivity contribution in [3.05, 3.63) is 71.5 Å². The molecule has 180 valence electrons. The van der Waals surface area contributed by atoms with E-state index < -0.39 is 0 Å². The van der Waals surface area contributed by atoms with Crippen LogP contribution in [0.4, 0.5) is 16.2 Å². The third-order valence-electron chi connectivity index (χ3n) is 6.47. The number of nitrogens with one attached hydrogen (secondary N) is 1. The molecule has 0 radical (unpaired) electrons. The lowest BCUT2D eigenvalue weighted by molar-refractivity contribution is 0.102. The van der Waals surface area contributed by atoms with Crippen molar-refractivity contribution in [1.82, 2.24) is 14.3 Å². The maximum atomic E-state index is 13.1. The van der Waals surface area contributed by atoms with Gasteiger partial charge in [-0.25, -0.2) is 9.78 Å². The summed E-state index contributed by atoms with van der Waals surface area (Å²) in [5, 5.41) is 3.04. The number of Topliss-reactive ketones (excluding diaryl/α,β-unsaturated/α-hetero) is 1. The number of thiophene rings is 1. The second kappa shape index (κ2) is 9.54. The van der Waals surface area contributed by atoms with Crippen LogP contribution in [-0.4, -0.2) is 53.3 Å². The fourth-order valence-corrected chi connectivity index (χ4v) is 5.50. The van der Waals surface area contributed by atoms with E-state index in [2.05, 4.69) is 15.8 Å². The van der Waals surface area contributed by atoms with E-state index in [1.165, 1.54) is 11.3 Å². The van der Waals surface area contributed by atoms with Gasteiger partial charge in [0.05, 0.1) is 15.3 Å². The van der Waals surface area contributed by atoms with Gasteiger partial charge in [0.1, 0.15) is 11.5 Å². The van der Waals surface area contributed by atoms with E-state index >= 15 is 0 Å². The molecule has 0 spiro atoms. The second-order valence-corrected chi connectivity index (χ2v) is 10.2. The number of aromatic nitrogens is 2. The highest BCUT2D eigenvalue weighted by atomic mass is 32.1. The highest BCUT2D eigenvalue weighted by molar-refractivity contribution is 7.17. The second-order valence-electron chi connectivity index (χ2n) is 9.15. The Morgan fingerprint density at radius 3 is 2.60 bits per heavy atom. The summed E-state index contributed by atoms with van der Waals surface area (Å²) in [6.07, 6.45) is 3.92. The van der Waals surface area contributed by atoms with Crippen LogP contribution in [0.2, 0.25) is 0 Å². The van der Waals surface area contributed by atoms with Gasteiger partial charge in [-0.3, -0.25) is 4.79 Å². The standard InChI is InChI=1S/C27H29N5O2S/c1-18(33)23-13-14-24(35-23)25-22-8-4-5-16-32(22)26(29-25)19-7-6-15-31(17-19)27(34)28-20-9-11-21(12-10-20)30(2)3/h4-5,8-14,16,19H,6-7,15,17H2,1-3H3,(H,28,34). The fraction of sp³-hybridized carbons (Fsp3) is 0.296. The quantitative estimate of drug-likeness (QED) is 0.364. The number of nitrogens with zero attached hydrogens (tertiary/aromatic N) is 4. The Hall–Kier alpha value is -3.65. The average molecular weight is 488 g/mol. The minimum Gasteiger partial charge on any atom is -0.378 e. The van der Waals surface area contributed by atoms with Gasteiger partial charge in [-0.2, -0.15) is 0 Å². The molecule has 3 aromatic heterocycles. The summed E-state index contributed by atoms with van der Waals surface area (Å²) < 4.78 is 2.13. The molecule has 1 aliphatic heterocycles. The van der Waals surface area contributed by atoms with E-state index in [-0.39, 0.29) is 17.7 Å². The lowest BCUT2D eigenvalue weighted by atomic mass is 9.97. The van der Waals surface area contributed by atoms with Crippen LogP contribution in [-0.2, 0) is 0 Å². The summed E-state index contributed by atoms with van der Waals surface area (Å²) in [7, 11) is 3.99. The number of hydrogen-bond donors (Lipinski definition) is 1. The summed E-state index contributed by atoms with van der Waals surface area (Å²) >= 11 is 1.48. The molecular weight excluding hydrogens is 458 g/mol. The van der Waals surface area contributed by atoms with Gasteiger partial charge in [-0.1, -0.05) is 6.07 Å². The van der Waals surface area contributed by atoms with Gasteiger partial charge in [0.2, 0.25) is 0 Å². The molecule has 7 nitrogen and oxygen atoms in total. The molecule has 2 amide bonds. The number of carbonyl (C=O) groups excluding carboxylic acids is 2. The maximum absolute atomic E-state index is 13.1. The Bertz CT molecular complexity index is 1370. The normalized spacial score (nSPS) is 15.9. The number of carbonyl (C=O) groups is 2. The first-order chi connectivity index (χ1) is 16.9. The number of benzene rings is 1. The average Bonchev–Trinajstić information content (AvgIpc) is 3.50. The van der Waals surface area contributed by atoms with Crippen LogP contribution in [0.1, 0.15) is 41.2 Å². The highest BCUT2D eigenvalue weighted by Crippen LogP contribution is 2.35. The zero-order valence-electron chi connectivity index (χ0n) is 20.2. The number of amides is 2. The van der Waals surface area contributed by atoms with Crippen LogP contribution < -0.4 is 10.2 Å². The molecule has 8 heteroatoms. The van der Waals surface area contributed by atoms with E-state index in [4.69, 9.17) is 4.98 Å². The van der Waals surface area contributed by atoms with E-state index in [0.717, 1.165) is 57.6 Å². The van der Waals surface area contributed by atoms with E-state index in [1.54, 1.807) is 6.92 Å². The minimum absolute atomic E-state index is 0.0651. The number of piperidine rings is 1. The number of fused-ring (bicyclic) bond motifs is 1. The van der Waals surface area contributed by atoms with Crippen LogP contribution in [0.3, 0.4) is 0 Å². The van der Waals surface area contributed by atoms with Gasteiger partial charge >= 0.3 is 6.03 Å². The summed E-state index contributed by atoms with van der Waals surface area (Å²) in [5.74, 6) is 1.15. The lowest BCUT2D eigenvalue weighted by Gasteiger charge is -2.32. The summed E-state index contributed by atoms with van der Waals surface area (Å²) in [6.45, 7) is 2.92. The number of ketones is 1. The molecule has 0 aliphatic carbocycles. The first-order valence-electron chi connectivity index (χ1n) is 11.8. The first-order valence-corrected chi connectivity index (χ1v) is 12.6. The van der Waals surface area contributed by atoms with E-state index in [9.17, 15) is 9.59 Å². The van der Waals surface area contributed by atoms with Crippen LogP contribution in [0.25, 0.3) is 16.1 Å². The third kappa shape index (κ3) is 4.66. The van der Waals surface area contributed by atoms with Crippen molar-refractivity contribution >= 4 is 40.0 Å². The molecule has 1 unspecified atom stereocenters.